The molecule has 3 aromatic rings. The Morgan fingerprint density at radius 1 is 0.958 bits per heavy atom. The van der Waals surface area contributed by atoms with Gasteiger partial charge in [-0.1, -0.05) is 36.4 Å². The molecule has 6 nitrogen and oxygen atoms in total. The summed E-state index contributed by atoms with van der Waals surface area (Å²) in [6.45, 7) is 0. The summed E-state index contributed by atoms with van der Waals surface area (Å²) in [6.07, 6.45) is 0. The first-order valence-corrected chi connectivity index (χ1v) is 8.35. The molecule has 122 valence electrons. The molecule has 0 amide bonds. The van der Waals surface area contributed by atoms with Crippen LogP contribution in [0.2, 0.25) is 0 Å². The van der Waals surface area contributed by atoms with Gasteiger partial charge in [0.15, 0.2) is 5.78 Å². The lowest BCUT2D eigenvalue weighted by atomic mass is 9.99. The number of phenols is 1. The maximum Gasteiger partial charge on any atom is 0.296 e. The van der Waals surface area contributed by atoms with Crippen LogP contribution >= 0.6 is 0 Å². The summed E-state index contributed by atoms with van der Waals surface area (Å²) >= 11 is 0. The molecule has 0 spiro atoms. The van der Waals surface area contributed by atoms with Crippen LogP contribution in [0.25, 0.3) is 10.8 Å². The largest absolute Gasteiger partial charge is 0.505 e. The van der Waals surface area contributed by atoms with Crippen molar-refractivity contribution >= 4 is 32.4 Å². The lowest BCUT2D eigenvalue weighted by molar-refractivity contribution is 0.103. The number of aromatic hydroxyl groups is 1. The van der Waals surface area contributed by atoms with E-state index in [4.69, 9.17) is 5.73 Å². The van der Waals surface area contributed by atoms with Crippen LogP contribution in [-0.2, 0) is 10.1 Å². The molecule has 0 aliphatic rings. The molecule has 0 aliphatic carbocycles. The fraction of sp³-hybridized carbons (Fsp3) is 0. The van der Waals surface area contributed by atoms with Crippen molar-refractivity contribution in [1.82, 2.24) is 0 Å². The third kappa shape index (κ3) is 2.70. The molecule has 0 aliphatic heterocycles. The second kappa shape index (κ2) is 5.63. The second-order valence-electron chi connectivity index (χ2n) is 5.24. The van der Waals surface area contributed by atoms with Gasteiger partial charge in [0.2, 0.25) is 0 Å². The Hall–Kier alpha value is -2.90. The summed E-state index contributed by atoms with van der Waals surface area (Å²) in [5.74, 6) is -0.707. The Labute approximate surface area is 137 Å². The first-order chi connectivity index (χ1) is 11.3. The highest BCUT2D eigenvalue weighted by Crippen LogP contribution is 2.36. The molecule has 7 heteroatoms. The first kappa shape index (κ1) is 16.0. The SMILES string of the molecule is Nc1c(S(=O)(=O)O)cc2cc(C(=O)c3ccccc3)ccc2c1O. The zero-order chi connectivity index (χ0) is 17.5. The van der Waals surface area contributed by atoms with E-state index in [1.165, 1.54) is 18.2 Å². The number of nitrogens with two attached hydrogens (primary N) is 1. The zero-order valence-electron chi connectivity index (χ0n) is 12.3. The van der Waals surface area contributed by atoms with Gasteiger partial charge in [0.25, 0.3) is 10.1 Å². The van der Waals surface area contributed by atoms with Gasteiger partial charge in [0.05, 0.1) is 5.69 Å². The number of benzene rings is 3. The number of fused-ring (bicyclic) bond motifs is 1. The van der Waals surface area contributed by atoms with E-state index in [9.17, 15) is 22.9 Å². The lowest BCUT2D eigenvalue weighted by Gasteiger charge is -2.10. The Kier molecular flexibility index (Phi) is 3.75. The first-order valence-electron chi connectivity index (χ1n) is 6.91. The third-order valence-corrected chi connectivity index (χ3v) is 4.58. The van der Waals surface area contributed by atoms with Gasteiger partial charge in [-0.15, -0.1) is 0 Å². The smallest absolute Gasteiger partial charge is 0.296 e. The van der Waals surface area contributed by atoms with Crippen molar-refractivity contribution in [2.45, 2.75) is 4.90 Å². The van der Waals surface area contributed by atoms with Gasteiger partial charge in [0, 0.05) is 16.5 Å². The molecule has 0 fully saturated rings. The molecule has 24 heavy (non-hydrogen) atoms. The van der Waals surface area contributed by atoms with Crippen LogP contribution < -0.4 is 5.73 Å². The number of hydrogen-bond acceptors (Lipinski definition) is 5. The summed E-state index contributed by atoms with van der Waals surface area (Å²) < 4.78 is 32.0. The second-order valence-corrected chi connectivity index (χ2v) is 6.63. The molecule has 4 N–H and O–H groups in total. The molecule has 0 radical (unpaired) electrons. The monoisotopic (exact) mass is 343 g/mol. The van der Waals surface area contributed by atoms with Gasteiger partial charge in [0.1, 0.15) is 10.6 Å². The fourth-order valence-electron chi connectivity index (χ4n) is 2.49. The summed E-state index contributed by atoms with van der Waals surface area (Å²) in [5.41, 5.74) is 5.93. The van der Waals surface area contributed by atoms with Crippen LogP contribution in [0.3, 0.4) is 0 Å². The summed E-state index contributed by atoms with van der Waals surface area (Å²) in [6, 6.07) is 14.1. The summed E-state index contributed by atoms with van der Waals surface area (Å²) in [4.78, 5) is 11.9. The van der Waals surface area contributed by atoms with Gasteiger partial charge >= 0.3 is 0 Å². The van der Waals surface area contributed by atoms with Crippen molar-refractivity contribution in [3.63, 3.8) is 0 Å². The normalized spacial score (nSPS) is 11.5. The Morgan fingerprint density at radius 2 is 1.62 bits per heavy atom. The van der Waals surface area contributed by atoms with Gasteiger partial charge in [-0.3, -0.25) is 9.35 Å². The van der Waals surface area contributed by atoms with E-state index < -0.39 is 26.5 Å². The van der Waals surface area contributed by atoms with Crippen molar-refractivity contribution in [1.29, 1.82) is 0 Å². The minimum absolute atomic E-state index is 0.248. The summed E-state index contributed by atoms with van der Waals surface area (Å²) in [5, 5.41) is 10.6. The van der Waals surface area contributed by atoms with E-state index >= 15 is 0 Å². The van der Waals surface area contributed by atoms with Gasteiger partial charge in [-0.2, -0.15) is 8.42 Å². The predicted octanol–water partition coefficient (Wildman–Crippen LogP) is 2.61. The van der Waals surface area contributed by atoms with Crippen molar-refractivity contribution in [2.75, 3.05) is 5.73 Å². The Bertz CT molecular complexity index is 1060. The molecule has 0 aromatic heterocycles. The highest BCUT2D eigenvalue weighted by Gasteiger charge is 2.20. The van der Waals surface area contributed by atoms with E-state index in [2.05, 4.69) is 0 Å². The minimum Gasteiger partial charge on any atom is -0.505 e. The van der Waals surface area contributed by atoms with Crippen LogP contribution in [0.4, 0.5) is 5.69 Å². The topological polar surface area (TPSA) is 118 Å². The highest BCUT2D eigenvalue weighted by molar-refractivity contribution is 7.86. The molecule has 0 saturated heterocycles. The number of phenolic OH excluding ortho intramolecular Hbond substituents is 1. The fourth-order valence-corrected chi connectivity index (χ4v) is 3.14. The predicted molar refractivity (Wildman–Crippen MR) is 89.7 cm³/mol. The molecule has 0 saturated carbocycles. The molecule has 0 heterocycles. The maximum atomic E-state index is 12.5. The van der Waals surface area contributed by atoms with E-state index in [1.807, 2.05) is 0 Å². The quantitative estimate of drug-likeness (QED) is 0.291. The molecule has 0 bridgehead atoms. The lowest BCUT2D eigenvalue weighted by Crippen LogP contribution is -2.04. The standard InChI is InChI=1S/C17H13NO5S/c18-15-14(24(21,22)23)9-12-8-11(6-7-13(12)17(15)20)16(19)10-4-2-1-3-5-10/h1-9,20H,18H2,(H,21,22,23). The minimum atomic E-state index is -4.60. The highest BCUT2D eigenvalue weighted by atomic mass is 32.2. The van der Waals surface area contributed by atoms with Gasteiger partial charge in [-0.25, -0.2) is 0 Å². The molecule has 0 unspecified atom stereocenters. The van der Waals surface area contributed by atoms with E-state index in [0.717, 1.165) is 6.07 Å². The molecule has 3 rings (SSSR count). The van der Waals surface area contributed by atoms with Crippen molar-refractivity contribution < 1.29 is 22.9 Å². The van der Waals surface area contributed by atoms with Crippen LogP contribution in [0, 0.1) is 0 Å². The Morgan fingerprint density at radius 3 is 2.25 bits per heavy atom. The van der Waals surface area contributed by atoms with Crippen LogP contribution in [0.5, 0.6) is 5.75 Å². The van der Waals surface area contributed by atoms with Crippen LogP contribution in [0.15, 0.2) is 59.5 Å². The maximum absolute atomic E-state index is 12.5. The molecule has 0 atom stereocenters. The van der Waals surface area contributed by atoms with Crippen molar-refractivity contribution in [3.05, 3.63) is 65.7 Å². The van der Waals surface area contributed by atoms with Gasteiger partial charge in [-0.05, 0) is 23.6 Å². The number of ketones is 1. The van der Waals surface area contributed by atoms with Crippen LogP contribution in [0.1, 0.15) is 15.9 Å². The Balaban J connectivity index is 2.21. The van der Waals surface area contributed by atoms with E-state index in [-0.39, 0.29) is 16.6 Å². The number of carbonyl (C=O) groups excluding carboxylic acids is 1. The van der Waals surface area contributed by atoms with E-state index in [1.54, 1.807) is 30.3 Å². The van der Waals surface area contributed by atoms with Crippen molar-refractivity contribution in [3.8, 4) is 5.75 Å². The van der Waals surface area contributed by atoms with Crippen molar-refractivity contribution in [2.24, 2.45) is 0 Å². The van der Waals surface area contributed by atoms with E-state index in [0.29, 0.717) is 11.1 Å². The number of rotatable bonds is 3. The van der Waals surface area contributed by atoms with Gasteiger partial charge < -0.3 is 10.8 Å². The third-order valence-electron chi connectivity index (χ3n) is 3.69. The zero-order valence-corrected chi connectivity index (χ0v) is 13.1. The summed E-state index contributed by atoms with van der Waals surface area (Å²) in [7, 11) is -4.60. The van der Waals surface area contributed by atoms with Crippen LogP contribution in [-0.4, -0.2) is 23.9 Å². The number of anilines is 1. The average molecular weight is 343 g/mol. The number of carbonyl (C=O) groups is 1. The average Bonchev–Trinajstić information content (AvgIpc) is 2.56. The molecular weight excluding hydrogens is 330 g/mol. The molecular formula is C17H13NO5S. The number of nitrogen functional groups attached to an aromatic ring is 1. The number of hydrogen-bond donors (Lipinski definition) is 3. The molecule has 3 aromatic carbocycles.